The molecule has 0 saturated carbocycles. The van der Waals surface area contributed by atoms with Crippen molar-refractivity contribution in [3.63, 3.8) is 0 Å². The largest absolute Gasteiger partial charge is 0.330 e. The maximum Gasteiger partial charge on any atom is 0.113 e. The maximum atomic E-state index is 5.88. The van der Waals surface area contributed by atoms with Crippen LogP contribution >= 0.6 is 22.9 Å². The SMILES string of the molecule is CN1CCC(CN)C1c1ncc(Cl)s1. The van der Waals surface area contributed by atoms with E-state index in [0.29, 0.717) is 12.0 Å². The fourth-order valence-electron chi connectivity index (χ4n) is 2.07. The first-order chi connectivity index (χ1) is 6.72. The molecule has 1 aromatic heterocycles. The van der Waals surface area contributed by atoms with E-state index >= 15 is 0 Å². The van der Waals surface area contributed by atoms with Crippen molar-refractivity contribution in [2.75, 3.05) is 20.1 Å². The highest BCUT2D eigenvalue weighted by atomic mass is 35.5. The molecule has 0 radical (unpaired) electrons. The van der Waals surface area contributed by atoms with Crippen molar-refractivity contribution in [1.82, 2.24) is 9.88 Å². The second kappa shape index (κ2) is 4.14. The molecule has 2 rings (SSSR count). The fraction of sp³-hybridized carbons (Fsp3) is 0.667. The van der Waals surface area contributed by atoms with Gasteiger partial charge in [0.2, 0.25) is 0 Å². The number of hydrogen-bond acceptors (Lipinski definition) is 4. The van der Waals surface area contributed by atoms with Crippen molar-refractivity contribution < 1.29 is 0 Å². The third-order valence-corrected chi connectivity index (χ3v) is 4.01. The monoisotopic (exact) mass is 231 g/mol. The van der Waals surface area contributed by atoms with E-state index in [1.54, 1.807) is 17.5 Å². The molecule has 5 heteroatoms. The van der Waals surface area contributed by atoms with Gasteiger partial charge in [-0.05, 0) is 32.5 Å². The lowest BCUT2D eigenvalue weighted by Crippen LogP contribution is -2.24. The van der Waals surface area contributed by atoms with E-state index in [2.05, 4.69) is 16.9 Å². The van der Waals surface area contributed by atoms with Crippen LogP contribution in [0.2, 0.25) is 4.34 Å². The zero-order valence-corrected chi connectivity index (χ0v) is 9.68. The van der Waals surface area contributed by atoms with Crippen LogP contribution in [0.1, 0.15) is 17.5 Å². The molecular formula is C9H14ClN3S. The number of halogens is 1. The number of thiazole rings is 1. The van der Waals surface area contributed by atoms with Crippen LogP contribution in [0.15, 0.2) is 6.20 Å². The Balaban J connectivity index is 2.22. The van der Waals surface area contributed by atoms with Gasteiger partial charge in [-0.2, -0.15) is 0 Å². The second-order valence-electron chi connectivity index (χ2n) is 3.71. The molecule has 0 aromatic carbocycles. The first kappa shape index (κ1) is 10.4. The van der Waals surface area contributed by atoms with Crippen LogP contribution < -0.4 is 5.73 Å². The molecule has 2 atom stereocenters. The lowest BCUT2D eigenvalue weighted by atomic mass is 10.0. The summed E-state index contributed by atoms with van der Waals surface area (Å²) in [7, 11) is 2.12. The third-order valence-electron chi connectivity index (χ3n) is 2.83. The average Bonchev–Trinajstić information content (AvgIpc) is 2.71. The van der Waals surface area contributed by atoms with Crippen LogP contribution in [0, 0.1) is 5.92 Å². The first-order valence-corrected chi connectivity index (χ1v) is 5.93. The molecule has 2 unspecified atom stereocenters. The molecule has 1 aliphatic heterocycles. The van der Waals surface area contributed by atoms with E-state index in [9.17, 15) is 0 Å². The Morgan fingerprint density at radius 1 is 1.79 bits per heavy atom. The van der Waals surface area contributed by atoms with Gasteiger partial charge in [-0.25, -0.2) is 4.98 Å². The molecule has 78 valence electrons. The number of nitrogens with zero attached hydrogens (tertiary/aromatic N) is 2. The van der Waals surface area contributed by atoms with Gasteiger partial charge < -0.3 is 5.73 Å². The summed E-state index contributed by atoms with van der Waals surface area (Å²) in [6.07, 6.45) is 2.89. The molecule has 0 bridgehead atoms. The molecule has 14 heavy (non-hydrogen) atoms. The summed E-state index contributed by atoms with van der Waals surface area (Å²) in [4.78, 5) is 6.65. The van der Waals surface area contributed by atoms with Crippen LogP contribution in [-0.2, 0) is 0 Å². The predicted molar refractivity (Wildman–Crippen MR) is 59.7 cm³/mol. The van der Waals surface area contributed by atoms with E-state index in [-0.39, 0.29) is 0 Å². The normalized spacial score (nSPS) is 28.5. The Morgan fingerprint density at radius 3 is 3.14 bits per heavy atom. The molecule has 3 nitrogen and oxygen atoms in total. The Bertz CT molecular complexity index is 315. The quantitative estimate of drug-likeness (QED) is 0.843. The van der Waals surface area contributed by atoms with Crippen LogP contribution in [0.3, 0.4) is 0 Å². The summed E-state index contributed by atoms with van der Waals surface area (Å²) in [6.45, 7) is 1.83. The number of aromatic nitrogens is 1. The van der Waals surface area contributed by atoms with Crippen LogP contribution in [0.5, 0.6) is 0 Å². The van der Waals surface area contributed by atoms with Gasteiger partial charge in [0.25, 0.3) is 0 Å². The highest BCUT2D eigenvalue weighted by molar-refractivity contribution is 7.15. The van der Waals surface area contributed by atoms with Gasteiger partial charge in [-0.3, -0.25) is 4.90 Å². The van der Waals surface area contributed by atoms with Gasteiger partial charge in [0.15, 0.2) is 0 Å². The van der Waals surface area contributed by atoms with E-state index in [4.69, 9.17) is 17.3 Å². The van der Waals surface area contributed by atoms with Crippen molar-refractivity contribution >= 4 is 22.9 Å². The standard InChI is InChI=1S/C9H14ClN3S/c1-13-3-2-6(4-11)8(13)9-12-5-7(10)14-9/h5-6,8H,2-4,11H2,1H3. The van der Waals surface area contributed by atoms with Gasteiger partial charge in [0.05, 0.1) is 12.2 Å². The summed E-state index contributed by atoms with van der Waals surface area (Å²) in [5, 5.41) is 1.10. The Kier molecular flexibility index (Phi) is 3.07. The lowest BCUT2D eigenvalue weighted by molar-refractivity contribution is 0.279. The Labute approximate surface area is 92.9 Å². The predicted octanol–water partition coefficient (Wildman–Crippen LogP) is 1.75. The van der Waals surface area contributed by atoms with E-state index in [1.807, 2.05) is 0 Å². The number of hydrogen-bond donors (Lipinski definition) is 1. The molecule has 1 aliphatic rings. The lowest BCUT2D eigenvalue weighted by Gasteiger charge is -2.21. The molecule has 0 amide bonds. The molecule has 0 spiro atoms. The Morgan fingerprint density at radius 2 is 2.57 bits per heavy atom. The molecule has 1 saturated heterocycles. The van der Waals surface area contributed by atoms with Crippen LogP contribution in [-0.4, -0.2) is 30.0 Å². The minimum atomic E-state index is 0.373. The molecule has 1 fully saturated rings. The van der Waals surface area contributed by atoms with Gasteiger partial charge >= 0.3 is 0 Å². The van der Waals surface area contributed by atoms with Crippen molar-refractivity contribution in [1.29, 1.82) is 0 Å². The van der Waals surface area contributed by atoms with Crippen LogP contribution in [0.25, 0.3) is 0 Å². The Hall–Kier alpha value is -0.160. The number of likely N-dealkylation sites (tertiary alicyclic amines) is 1. The van der Waals surface area contributed by atoms with Crippen molar-refractivity contribution in [3.05, 3.63) is 15.5 Å². The second-order valence-corrected chi connectivity index (χ2v) is 5.41. The molecule has 0 aliphatic carbocycles. The molecule has 1 aromatic rings. The van der Waals surface area contributed by atoms with E-state index in [1.165, 1.54) is 0 Å². The molecule has 2 heterocycles. The summed E-state index contributed by atoms with van der Waals surface area (Å²) >= 11 is 7.45. The molecule has 2 N–H and O–H groups in total. The minimum Gasteiger partial charge on any atom is -0.330 e. The van der Waals surface area contributed by atoms with Gasteiger partial charge in [0.1, 0.15) is 9.34 Å². The van der Waals surface area contributed by atoms with E-state index in [0.717, 1.165) is 28.9 Å². The zero-order valence-electron chi connectivity index (χ0n) is 8.11. The highest BCUT2D eigenvalue weighted by Gasteiger charge is 2.33. The van der Waals surface area contributed by atoms with Gasteiger partial charge in [-0.15, -0.1) is 11.3 Å². The van der Waals surface area contributed by atoms with Gasteiger partial charge in [0, 0.05) is 0 Å². The van der Waals surface area contributed by atoms with E-state index < -0.39 is 0 Å². The van der Waals surface area contributed by atoms with Gasteiger partial charge in [-0.1, -0.05) is 11.6 Å². The zero-order chi connectivity index (χ0) is 10.1. The van der Waals surface area contributed by atoms with Crippen LogP contribution in [0.4, 0.5) is 0 Å². The van der Waals surface area contributed by atoms with Crippen molar-refractivity contribution in [3.8, 4) is 0 Å². The summed E-state index contributed by atoms with van der Waals surface area (Å²) < 4.78 is 0.760. The van der Waals surface area contributed by atoms with Crippen molar-refractivity contribution in [2.45, 2.75) is 12.5 Å². The summed E-state index contributed by atoms with van der Waals surface area (Å²) in [6, 6.07) is 0.373. The minimum absolute atomic E-state index is 0.373. The third kappa shape index (κ3) is 1.80. The fourth-order valence-corrected chi connectivity index (χ4v) is 3.26. The summed E-state index contributed by atoms with van der Waals surface area (Å²) in [5.74, 6) is 0.530. The number of nitrogens with two attached hydrogens (primary N) is 1. The highest BCUT2D eigenvalue weighted by Crippen LogP contribution is 2.38. The van der Waals surface area contributed by atoms with Crippen molar-refractivity contribution in [2.24, 2.45) is 11.7 Å². The first-order valence-electron chi connectivity index (χ1n) is 4.74. The summed E-state index contributed by atoms with van der Waals surface area (Å²) in [5.41, 5.74) is 5.75. The topological polar surface area (TPSA) is 42.1 Å². The molecular weight excluding hydrogens is 218 g/mol. The number of rotatable bonds is 2. The smallest absolute Gasteiger partial charge is 0.113 e. The maximum absolute atomic E-state index is 5.88. The average molecular weight is 232 g/mol.